The van der Waals surface area contributed by atoms with Crippen molar-refractivity contribution < 1.29 is 23.9 Å². The van der Waals surface area contributed by atoms with E-state index in [2.05, 4.69) is 5.32 Å². The third-order valence-electron chi connectivity index (χ3n) is 3.95. The van der Waals surface area contributed by atoms with Crippen molar-refractivity contribution in [2.24, 2.45) is 0 Å². The lowest BCUT2D eigenvalue weighted by molar-refractivity contribution is -0.146. The molecule has 2 aliphatic rings. The number of fused-ring (bicyclic) bond motifs is 1. The first-order valence-corrected chi connectivity index (χ1v) is 9.08. The zero-order valence-corrected chi connectivity index (χ0v) is 14.9. The average molecular weight is 364 g/mol. The fraction of sp³-hybridized carbons (Fsp3) is 0.471. The van der Waals surface area contributed by atoms with Crippen molar-refractivity contribution in [2.75, 3.05) is 30.8 Å². The van der Waals surface area contributed by atoms with Crippen LogP contribution < -0.4 is 5.32 Å². The molecular weight excluding hydrogens is 344 g/mol. The van der Waals surface area contributed by atoms with Crippen molar-refractivity contribution >= 4 is 35.2 Å². The Hall–Kier alpha value is -2.06. The molecule has 0 saturated carbocycles. The van der Waals surface area contributed by atoms with Gasteiger partial charge < -0.3 is 19.7 Å². The molecule has 1 fully saturated rings. The molecule has 134 valence electrons. The van der Waals surface area contributed by atoms with Crippen LogP contribution in [0, 0.1) is 0 Å². The SMILES string of the molecule is C[C@@H]1CN(C(=O)COC(=O)c2ccc3c(c2)NC(=O)CS3)C[C@@H](C)O1. The van der Waals surface area contributed by atoms with E-state index in [1.54, 1.807) is 23.1 Å². The fourth-order valence-corrected chi connectivity index (χ4v) is 3.68. The smallest absolute Gasteiger partial charge is 0.338 e. The Morgan fingerprint density at radius 3 is 2.76 bits per heavy atom. The number of hydrogen-bond acceptors (Lipinski definition) is 6. The lowest BCUT2D eigenvalue weighted by atomic mass is 10.2. The normalized spacial score (nSPS) is 22.8. The molecule has 0 aliphatic carbocycles. The van der Waals surface area contributed by atoms with Crippen molar-refractivity contribution in [1.29, 1.82) is 0 Å². The van der Waals surface area contributed by atoms with Gasteiger partial charge in [0, 0.05) is 18.0 Å². The molecule has 8 heteroatoms. The van der Waals surface area contributed by atoms with Crippen LogP contribution in [0.4, 0.5) is 5.69 Å². The summed E-state index contributed by atoms with van der Waals surface area (Å²) in [6, 6.07) is 4.98. The summed E-state index contributed by atoms with van der Waals surface area (Å²) in [5.41, 5.74) is 0.899. The Bertz CT molecular complexity index is 698. The third kappa shape index (κ3) is 4.32. The standard InChI is InChI=1S/C17H20N2O5S/c1-10-6-19(7-11(2)24-10)16(21)8-23-17(22)12-3-4-14-13(5-12)18-15(20)9-25-14/h3-5,10-11H,6-9H2,1-2H3,(H,18,20)/t10-,11-/m1/s1. The number of carbonyl (C=O) groups excluding carboxylic acids is 3. The summed E-state index contributed by atoms with van der Waals surface area (Å²) >= 11 is 1.42. The minimum atomic E-state index is -0.588. The number of nitrogens with one attached hydrogen (secondary N) is 1. The first-order chi connectivity index (χ1) is 11.9. The Labute approximate surface area is 150 Å². The molecular formula is C17H20N2O5S. The number of esters is 1. The van der Waals surface area contributed by atoms with Gasteiger partial charge in [-0.15, -0.1) is 11.8 Å². The number of carbonyl (C=O) groups is 3. The highest BCUT2D eigenvalue weighted by Gasteiger charge is 2.26. The van der Waals surface area contributed by atoms with Gasteiger partial charge in [-0.3, -0.25) is 9.59 Å². The summed E-state index contributed by atoms with van der Waals surface area (Å²) in [4.78, 5) is 38.4. The molecule has 25 heavy (non-hydrogen) atoms. The van der Waals surface area contributed by atoms with Gasteiger partial charge in [-0.2, -0.15) is 0 Å². The van der Waals surface area contributed by atoms with Crippen LogP contribution in [0.1, 0.15) is 24.2 Å². The maximum absolute atomic E-state index is 12.2. The van der Waals surface area contributed by atoms with Gasteiger partial charge in [-0.1, -0.05) is 0 Å². The zero-order valence-electron chi connectivity index (χ0n) is 14.1. The number of rotatable bonds is 3. The second-order valence-corrected chi connectivity index (χ2v) is 7.20. The topological polar surface area (TPSA) is 84.9 Å². The molecule has 2 heterocycles. The maximum atomic E-state index is 12.2. The summed E-state index contributed by atoms with van der Waals surface area (Å²) in [7, 11) is 0. The summed E-state index contributed by atoms with van der Waals surface area (Å²) in [6.45, 7) is 4.48. The lowest BCUT2D eigenvalue weighted by Gasteiger charge is -2.35. The molecule has 1 aromatic carbocycles. The third-order valence-corrected chi connectivity index (χ3v) is 5.02. The van der Waals surface area contributed by atoms with Gasteiger partial charge in [-0.05, 0) is 32.0 Å². The van der Waals surface area contributed by atoms with Crippen LogP contribution in [-0.2, 0) is 19.1 Å². The van der Waals surface area contributed by atoms with Crippen LogP contribution in [0.15, 0.2) is 23.1 Å². The van der Waals surface area contributed by atoms with Crippen LogP contribution in [0.3, 0.4) is 0 Å². The van der Waals surface area contributed by atoms with Crippen LogP contribution in [0.2, 0.25) is 0 Å². The number of hydrogen-bond donors (Lipinski definition) is 1. The maximum Gasteiger partial charge on any atom is 0.338 e. The van der Waals surface area contributed by atoms with E-state index in [9.17, 15) is 14.4 Å². The van der Waals surface area contributed by atoms with Gasteiger partial charge >= 0.3 is 5.97 Å². The largest absolute Gasteiger partial charge is 0.452 e. The van der Waals surface area contributed by atoms with Crippen molar-refractivity contribution in [3.05, 3.63) is 23.8 Å². The van der Waals surface area contributed by atoms with Gasteiger partial charge in [0.2, 0.25) is 5.91 Å². The van der Waals surface area contributed by atoms with Gasteiger partial charge in [0.15, 0.2) is 6.61 Å². The first kappa shape index (κ1) is 17.8. The Morgan fingerprint density at radius 1 is 1.32 bits per heavy atom. The highest BCUT2D eigenvalue weighted by atomic mass is 32.2. The van der Waals surface area contributed by atoms with Crippen LogP contribution in [0.5, 0.6) is 0 Å². The fourth-order valence-electron chi connectivity index (χ4n) is 2.89. The molecule has 3 rings (SSSR count). The molecule has 0 bridgehead atoms. The highest BCUT2D eigenvalue weighted by molar-refractivity contribution is 8.00. The number of ether oxygens (including phenoxy) is 2. The van der Waals surface area contributed by atoms with Gasteiger partial charge in [0.25, 0.3) is 5.91 Å². The lowest BCUT2D eigenvalue weighted by Crippen LogP contribution is -2.49. The highest BCUT2D eigenvalue weighted by Crippen LogP contribution is 2.32. The monoisotopic (exact) mass is 364 g/mol. The molecule has 2 amide bonds. The predicted octanol–water partition coefficient (Wildman–Crippen LogP) is 1.52. The van der Waals surface area contributed by atoms with Gasteiger partial charge in [-0.25, -0.2) is 4.79 Å². The van der Waals surface area contributed by atoms with Gasteiger partial charge in [0.05, 0.1) is 29.2 Å². The number of nitrogens with zero attached hydrogens (tertiary/aromatic N) is 1. The summed E-state index contributed by atoms with van der Waals surface area (Å²) in [5, 5.41) is 2.72. The second kappa shape index (κ2) is 7.45. The minimum absolute atomic E-state index is 0.0369. The Kier molecular flexibility index (Phi) is 5.29. The number of thioether (sulfide) groups is 1. The van der Waals surface area contributed by atoms with E-state index < -0.39 is 5.97 Å². The summed E-state index contributed by atoms with van der Waals surface area (Å²) in [5.74, 6) is -0.567. The molecule has 7 nitrogen and oxygen atoms in total. The second-order valence-electron chi connectivity index (χ2n) is 6.18. The molecule has 0 aromatic heterocycles. The van der Waals surface area contributed by atoms with E-state index in [-0.39, 0.29) is 30.6 Å². The van der Waals surface area contributed by atoms with E-state index in [0.29, 0.717) is 30.1 Å². The number of anilines is 1. The summed E-state index contributed by atoms with van der Waals surface area (Å²) < 4.78 is 10.7. The van der Waals surface area contributed by atoms with Crippen LogP contribution >= 0.6 is 11.8 Å². The number of benzene rings is 1. The zero-order chi connectivity index (χ0) is 18.0. The van der Waals surface area contributed by atoms with Crippen molar-refractivity contribution in [3.8, 4) is 0 Å². The minimum Gasteiger partial charge on any atom is -0.452 e. The molecule has 2 atom stereocenters. The van der Waals surface area contributed by atoms with E-state index in [1.165, 1.54) is 11.8 Å². The van der Waals surface area contributed by atoms with Crippen molar-refractivity contribution in [2.45, 2.75) is 31.0 Å². The van der Waals surface area contributed by atoms with Gasteiger partial charge in [0.1, 0.15) is 0 Å². The van der Waals surface area contributed by atoms with E-state index in [1.807, 2.05) is 13.8 Å². The number of amides is 2. The quantitative estimate of drug-likeness (QED) is 0.819. The van der Waals surface area contributed by atoms with Crippen LogP contribution in [0.25, 0.3) is 0 Å². The van der Waals surface area contributed by atoms with E-state index in [0.717, 1.165) is 4.90 Å². The molecule has 1 saturated heterocycles. The Balaban J connectivity index is 1.58. The van der Waals surface area contributed by atoms with E-state index in [4.69, 9.17) is 9.47 Å². The van der Waals surface area contributed by atoms with Crippen LogP contribution in [-0.4, -0.2) is 60.3 Å². The molecule has 1 aromatic rings. The first-order valence-electron chi connectivity index (χ1n) is 8.09. The van der Waals surface area contributed by atoms with Crippen molar-refractivity contribution in [3.63, 3.8) is 0 Å². The molecule has 0 radical (unpaired) electrons. The van der Waals surface area contributed by atoms with E-state index >= 15 is 0 Å². The molecule has 0 spiro atoms. The Morgan fingerprint density at radius 2 is 2.04 bits per heavy atom. The number of morpholine rings is 1. The summed E-state index contributed by atoms with van der Waals surface area (Å²) in [6.07, 6.45) is -0.0738. The average Bonchev–Trinajstić information content (AvgIpc) is 2.57. The predicted molar refractivity (Wildman–Crippen MR) is 92.7 cm³/mol. The van der Waals surface area contributed by atoms with Crippen molar-refractivity contribution in [1.82, 2.24) is 4.90 Å². The molecule has 0 unspecified atom stereocenters. The molecule has 1 N–H and O–H groups in total. The molecule has 2 aliphatic heterocycles.